The number of ether oxygens (including phenoxy) is 1. The summed E-state index contributed by atoms with van der Waals surface area (Å²) in [5.74, 6) is 0.00299. The van der Waals surface area contributed by atoms with E-state index in [1.165, 1.54) is 6.07 Å². The highest BCUT2D eigenvalue weighted by atomic mass is 79.9. The molecule has 0 saturated heterocycles. The third-order valence-electron chi connectivity index (χ3n) is 1.78. The van der Waals surface area contributed by atoms with Crippen molar-refractivity contribution < 1.29 is 9.13 Å². The quantitative estimate of drug-likeness (QED) is 0.831. The molecule has 0 unspecified atom stereocenters. The Labute approximate surface area is 91.0 Å². The summed E-state index contributed by atoms with van der Waals surface area (Å²) in [5.41, 5.74) is 0. The Hall–Kier alpha value is -0.680. The van der Waals surface area contributed by atoms with Gasteiger partial charge in [-0.2, -0.15) is 0 Å². The smallest absolute Gasteiger partial charge is 0.166 e. The first-order valence-corrected chi connectivity index (χ1v) is 4.95. The molecule has 0 aliphatic rings. The lowest BCUT2D eigenvalue weighted by atomic mass is 10.4. The molecule has 0 aliphatic heterocycles. The fraction of sp³-hybridized carbons (Fsp3) is 0.444. The molecule has 0 radical (unpaired) electrons. The van der Waals surface area contributed by atoms with Crippen molar-refractivity contribution in [2.75, 3.05) is 32.2 Å². The lowest BCUT2D eigenvalue weighted by molar-refractivity contribution is 0.206. The summed E-state index contributed by atoms with van der Waals surface area (Å²) in [6.07, 6.45) is 1.57. The van der Waals surface area contributed by atoms with E-state index >= 15 is 0 Å². The molecule has 0 aliphatic carbocycles. The molecule has 5 heteroatoms. The first-order chi connectivity index (χ1) is 6.65. The Morgan fingerprint density at radius 3 is 2.93 bits per heavy atom. The number of aromatic nitrogens is 1. The van der Waals surface area contributed by atoms with E-state index in [4.69, 9.17) is 4.74 Å². The first kappa shape index (κ1) is 11.4. The normalized spacial score (nSPS) is 10.3. The average molecular weight is 263 g/mol. The number of hydrogen-bond acceptors (Lipinski definition) is 3. The Balaban J connectivity index is 2.74. The molecular weight excluding hydrogens is 251 g/mol. The molecule has 0 fully saturated rings. The van der Waals surface area contributed by atoms with Gasteiger partial charge in [0, 0.05) is 31.4 Å². The van der Waals surface area contributed by atoms with Crippen molar-refractivity contribution in [2.24, 2.45) is 0 Å². The Morgan fingerprint density at radius 2 is 2.36 bits per heavy atom. The number of rotatable bonds is 4. The highest BCUT2D eigenvalue weighted by Crippen LogP contribution is 2.18. The molecule has 14 heavy (non-hydrogen) atoms. The molecule has 3 nitrogen and oxygen atoms in total. The Morgan fingerprint density at radius 1 is 1.64 bits per heavy atom. The summed E-state index contributed by atoms with van der Waals surface area (Å²) in [6.45, 7) is 1.16. The van der Waals surface area contributed by atoms with Crippen LogP contribution in [-0.2, 0) is 4.74 Å². The van der Waals surface area contributed by atoms with Crippen LogP contribution in [0.1, 0.15) is 0 Å². The van der Waals surface area contributed by atoms with Gasteiger partial charge in [-0.15, -0.1) is 0 Å². The van der Waals surface area contributed by atoms with Crippen molar-refractivity contribution in [3.05, 3.63) is 22.6 Å². The maximum atomic E-state index is 13.4. The second kappa shape index (κ2) is 5.26. The summed E-state index contributed by atoms with van der Waals surface area (Å²) in [5, 5.41) is 0. The molecule has 1 rings (SSSR count). The van der Waals surface area contributed by atoms with Crippen molar-refractivity contribution >= 4 is 21.7 Å². The van der Waals surface area contributed by atoms with Gasteiger partial charge in [0.25, 0.3) is 0 Å². The molecule has 0 saturated carbocycles. The molecule has 1 aromatic rings. The van der Waals surface area contributed by atoms with Crippen LogP contribution in [0.15, 0.2) is 16.7 Å². The molecule has 0 N–H and O–H groups in total. The van der Waals surface area contributed by atoms with E-state index in [0.29, 0.717) is 23.4 Å². The Bertz CT molecular complexity index is 309. The Kier molecular flexibility index (Phi) is 4.28. The minimum Gasteiger partial charge on any atom is -0.383 e. The van der Waals surface area contributed by atoms with Gasteiger partial charge in [0.2, 0.25) is 0 Å². The van der Waals surface area contributed by atoms with E-state index in [0.717, 1.165) is 0 Å². The van der Waals surface area contributed by atoms with Gasteiger partial charge in [0.05, 0.1) is 6.61 Å². The van der Waals surface area contributed by atoms with Crippen molar-refractivity contribution in [2.45, 2.75) is 0 Å². The third-order valence-corrected chi connectivity index (χ3v) is 2.21. The number of nitrogens with zero attached hydrogens (tertiary/aromatic N) is 2. The van der Waals surface area contributed by atoms with Crippen LogP contribution in [-0.4, -0.2) is 32.3 Å². The fourth-order valence-electron chi connectivity index (χ4n) is 1.02. The van der Waals surface area contributed by atoms with Gasteiger partial charge in [-0.25, -0.2) is 9.37 Å². The maximum absolute atomic E-state index is 13.4. The SMILES string of the molecule is COCCN(C)c1ncc(Br)cc1F. The highest BCUT2D eigenvalue weighted by molar-refractivity contribution is 9.10. The van der Waals surface area contributed by atoms with Gasteiger partial charge in [0.1, 0.15) is 0 Å². The predicted octanol–water partition coefficient (Wildman–Crippen LogP) is 2.07. The van der Waals surface area contributed by atoms with Gasteiger partial charge >= 0.3 is 0 Å². The van der Waals surface area contributed by atoms with Gasteiger partial charge in [-0.3, -0.25) is 0 Å². The molecular formula is C9H12BrFN2O. The topological polar surface area (TPSA) is 25.4 Å². The zero-order valence-electron chi connectivity index (χ0n) is 8.13. The van der Waals surface area contributed by atoms with E-state index in [9.17, 15) is 4.39 Å². The minimum atomic E-state index is -0.335. The van der Waals surface area contributed by atoms with Gasteiger partial charge in [-0.05, 0) is 22.0 Å². The van der Waals surface area contributed by atoms with Gasteiger partial charge in [-0.1, -0.05) is 0 Å². The second-order valence-corrected chi connectivity index (χ2v) is 3.79. The molecule has 0 atom stereocenters. The molecule has 0 bridgehead atoms. The van der Waals surface area contributed by atoms with Crippen LogP contribution < -0.4 is 4.90 Å². The summed E-state index contributed by atoms with van der Waals surface area (Å²) in [4.78, 5) is 5.69. The first-order valence-electron chi connectivity index (χ1n) is 4.16. The lowest BCUT2D eigenvalue weighted by Crippen LogP contribution is -2.24. The third kappa shape index (κ3) is 2.92. The molecule has 1 heterocycles. The van der Waals surface area contributed by atoms with E-state index in [1.54, 1.807) is 25.3 Å². The summed E-state index contributed by atoms with van der Waals surface area (Å²) in [6, 6.07) is 1.39. The zero-order chi connectivity index (χ0) is 10.6. The molecule has 0 amide bonds. The summed E-state index contributed by atoms with van der Waals surface area (Å²) >= 11 is 3.15. The van der Waals surface area contributed by atoms with Gasteiger partial charge < -0.3 is 9.64 Å². The van der Waals surface area contributed by atoms with Crippen LogP contribution in [0, 0.1) is 5.82 Å². The number of anilines is 1. The number of methoxy groups -OCH3 is 1. The largest absolute Gasteiger partial charge is 0.383 e. The lowest BCUT2D eigenvalue weighted by Gasteiger charge is -2.17. The zero-order valence-corrected chi connectivity index (χ0v) is 9.71. The summed E-state index contributed by atoms with van der Waals surface area (Å²) < 4.78 is 18.9. The molecule has 1 aromatic heterocycles. The van der Waals surface area contributed by atoms with Crippen LogP contribution in [0.5, 0.6) is 0 Å². The monoisotopic (exact) mass is 262 g/mol. The van der Waals surface area contributed by atoms with E-state index in [1.807, 2.05) is 0 Å². The van der Waals surface area contributed by atoms with Crippen LogP contribution >= 0.6 is 15.9 Å². The summed E-state index contributed by atoms with van der Waals surface area (Å²) in [7, 11) is 3.39. The molecule has 0 spiro atoms. The van der Waals surface area contributed by atoms with E-state index in [-0.39, 0.29) is 5.82 Å². The predicted molar refractivity (Wildman–Crippen MR) is 57.0 cm³/mol. The highest BCUT2D eigenvalue weighted by Gasteiger charge is 2.08. The maximum Gasteiger partial charge on any atom is 0.166 e. The second-order valence-electron chi connectivity index (χ2n) is 2.87. The minimum absolute atomic E-state index is 0.335. The van der Waals surface area contributed by atoms with Crippen molar-refractivity contribution in [1.82, 2.24) is 4.98 Å². The number of halogens is 2. The van der Waals surface area contributed by atoms with Gasteiger partial charge in [0.15, 0.2) is 11.6 Å². The van der Waals surface area contributed by atoms with Crippen LogP contribution in [0.2, 0.25) is 0 Å². The van der Waals surface area contributed by atoms with Crippen molar-refractivity contribution in [1.29, 1.82) is 0 Å². The standard InChI is InChI=1S/C9H12BrFN2O/c1-13(3-4-14-2)9-8(11)5-7(10)6-12-9/h5-6H,3-4H2,1-2H3. The van der Waals surface area contributed by atoms with Crippen molar-refractivity contribution in [3.8, 4) is 0 Å². The van der Waals surface area contributed by atoms with Crippen LogP contribution in [0.25, 0.3) is 0 Å². The van der Waals surface area contributed by atoms with Crippen molar-refractivity contribution in [3.63, 3.8) is 0 Å². The average Bonchev–Trinajstić information content (AvgIpc) is 2.14. The van der Waals surface area contributed by atoms with Crippen LogP contribution in [0.4, 0.5) is 10.2 Å². The molecule has 78 valence electrons. The molecule has 0 aromatic carbocycles. The number of pyridine rings is 1. The number of hydrogen-bond donors (Lipinski definition) is 0. The van der Waals surface area contributed by atoms with Crippen LogP contribution in [0.3, 0.4) is 0 Å². The van der Waals surface area contributed by atoms with E-state index < -0.39 is 0 Å². The van der Waals surface area contributed by atoms with E-state index in [2.05, 4.69) is 20.9 Å². The fourth-order valence-corrected chi connectivity index (χ4v) is 1.33. The number of likely N-dealkylation sites (N-methyl/N-ethyl adjacent to an activating group) is 1.